The van der Waals surface area contributed by atoms with Crippen LogP contribution in [0.25, 0.3) is 0 Å². The van der Waals surface area contributed by atoms with Crippen LogP contribution in [0, 0.1) is 0 Å². The second-order valence-corrected chi connectivity index (χ2v) is 7.02. The molecule has 0 unspecified atom stereocenters. The molecule has 2 aromatic rings. The van der Waals surface area contributed by atoms with Crippen LogP contribution in [0.2, 0.25) is 0 Å². The van der Waals surface area contributed by atoms with Crippen LogP contribution < -0.4 is 67.1 Å². The second-order valence-electron chi connectivity index (χ2n) is 7.02. The number of nitrogens with zero attached hydrogens (tertiary/aromatic N) is 6. The van der Waals surface area contributed by atoms with Crippen LogP contribution in [0.5, 0.6) is 0 Å². The zero-order valence-electron chi connectivity index (χ0n) is 17.7. The van der Waals surface area contributed by atoms with Crippen molar-refractivity contribution < 1.29 is 66.7 Å². The molecule has 2 amide bonds. The van der Waals surface area contributed by atoms with E-state index in [1.165, 1.54) is 0 Å². The molecule has 29 heavy (non-hydrogen) atoms. The van der Waals surface area contributed by atoms with E-state index in [0.29, 0.717) is 12.8 Å². The first-order valence-corrected chi connectivity index (χ1v) is 9.48. The van der Waals surface area contributed by atoms with Crippen molar-refractivity contribution in [2.75, 3.05) is 24.1 Å². The highest BCUT2D eigenvalue weighted by atomic mass is 127. The van der Waals surface area contributed by atoms with Gasteiger partial charge in [0.1, 0.15) is 12.4 Å². The minimum absolute atomic E-state index is 0. The maximum atomic E-state index is 12.2. The Labute approximate surface area is 207 Å². The van der Waals surface area contributed by atoms with Crippen LogP contribution in [0.15, 0.2) is 37.4 Å². The molecule has 0 aliphatic carbocycles. The SMILES string of the molecule is CN(C(=O)CCCCCCCC(=O)N(C)n1cc[n+](C)c1)n1cc[n+](C)c1.[I-].[I-]. The van der Waals surface area contributed by atoms with E-state index < -0.39 is 0 Å². The summed E-state index contributed by atoms with van der Waals surface area (Å²) in [5.41, 5.74) is 0. The van der Waals surface area contributed by atoms with Gasteiger partial charge >= 0.3 is 0 Å². The summed E-state index contributed by atoms with van der Waals surface area (Å²) in [6.07, 6.45) is 17.2. The third-order valence-corrected chi connectivity index (χ3v) is 4.71. The minimum Gasteiger partial charge on any atom is -1.00 e. The molecule has 8 nitrogen and oxygen atoms in total. The molecule has 0 saturated carbocycles. The Kier molecular flexibility index (Phi) is 13.4. The first-order valence-electron chi connectivity index (χ1n) is 9.48. The van der Waals surface area contributed by atoms with Gasteiger partial charge in [0.15, 0.2) is 12.4 Å². The third-order valence-electron chi connectivity index (χ3n) is 4.71. The topological polar surface area (TPSA) is 58.2 Å². The second kappa shape index (κ2) is 13.9. The highest BCUT2D eigenvalue weighted by molar-refractivity contribution is 5.85. The van der Waals surface area contributed by atoms with E-state index in [0.717, 1.165) is 32.1 Å². The number of halogens is 2. The highest BCUT2D eigenvalue weighted by Gasteiger charge is 2.16. The number of unbranched alkanes of at least 4 members (excludes halogenated alkanes) is 4. The zero-order valence-corrected chi connectivity index (χ0v) is 22.0. The van der Waals surface area contributed by atoms with Crippen LogP contribution in [0.4, 0.5) is 0 Å². The molecule has 0 aromatic carbocycles. The molecule has 0 atom stereocenters. The summed E-state index contributed by atoms with van der Waals surface area (Å²) in [5.74, 6) is 0.228. The number of hydrogen-bond acceptors (Lipinski definition) is 2. The van der Waals surface area contributed by atoms with Crippen LogP contribution in [-0.2, 0) is 23.7 Å². The summed E-state index contributed by atoms with van der Waals surface area (Å²) in [6, 6.07) is 0. The molecule has 0 aliphatic rings. The van der Waals surface area contributed by atoms with E-state index in [-0.39, 0.29) is 59.8 Å². The van der Waals surface area contributed by atoms with E-state index in [1.807, 2.05) is 60.7 Å². The Bertz CT molecular complexity index is 699. The summed E-state index contributed by atoms with van der Waals surface area (Å²) in [5, 5.41) is 3.27. The van der Waals surface area contributed by atoms with Gasteiger partial charge in [-0.2, -0.15) is 10.0 Å². The van der Waals surface area contributed by atoms with Gasteiger partial charge in [-0.05, 0) is 12.8 Å². The Morgan fingerprint density at radius 3 is 1.38 bits per heavy atom. The molecular weight excluding hydrogens is 598 g/mol. The maximum absolute atomic E-state index is 12.2. The standard InChI is InChI=1S/C19H32N6O2.2HI/c1-20-12-14-24(16-20)22(3)18(26)10-8-6-5-7-9-11-19(27)23(4)25-15-13-21(2)17-25;;/h12-17H,5-11H2,1-4H3;2*1H/q+2;;/p-2. The number of amides is 2. The highest BCUT2D eigenvalue weighted by Crippen LogP contribution is 2.09. The van der Waals surface area contributed by atoms with Gasteiger partial charge in [-0.1, -0.05) is 19.3 Å². The Balaban J connectivity index is 0.00000392. The maximum Gasteiger partial charge on any atom is 0.267 e. The lowest BCUT2D eigenvalue weighted by Crippen LogP contribution is -3.00. The molecule has 0 bridgehead atoms. The number of aromatic nitrogens is 4. The van der Waals surface area contributed by atoms with E-state index in [2.05, 4.69) is 0 Å². The number of aryl methyl sites for hydroxylation is 2. The molecule has 2 heterocycles. The molecule has 10 heteroatoms. The Hall–Kier alpha value is -1.18. The molecule has 0 fully saturated rings. The molecule has 2 rings (SSSR count). The molecule has 2 aromatic heterocycles. The summed E-state index contributed by atoms with van der Waals surface area (Å²) in [4.78, 5) is 24.4. The van der Waals surface area contributed by atoms with E-state index in [4.69, 9.17) is 0 Å². The lowest BCUT2D eigenvalue weighted by atomic mass is 10.1. The molecular formula is C19H32I2N6O2. The van der Waals surface area contributed by atoms with Crippen LogP contribution in [0.3, 0.4) is 0 Å². The molecule has 0 spiro atoms. The normalized spacial score (nSPS) is 10.1. The quantitative estimate of drug-likeness (QED) is 0.150. The number of hydrogen-bond donors (Lipinski definition) is 0. The van der Waals surface area contributed by atoms with Crippen molar-refractivity contribution in [3.63, 3.8) is 0 Å². The third kappa shape index (κ3) is 9.01. The first kappa shape index (κ1) is 27.8. The van der Waals surface area contributed by atoms with E-state index >= 15 is 0 Å². The summed E-state index contributed by atoms with van der Waals surface area (Å²) in [6.45, 7) is 0. The van der Waals surface area contributed by atoms with Crippen molar-refractivity contribution in [3.8, 4) is 0 Å². The van der Waals surface area contributed by atoms with Gasteiger partial charge in [-0.3, -0.25) is 9.59 Å². The van der Waals surface area contributed by atoms with Crippen molar-refractivity contribution in [1.82, 2.24) is 9.35 Å². The average molecular weight is 630 g/mol. The number of rotatable bonds is 10. The van der Waals surface area contributed by atoms with Gasteiger partial charge in [-0.25, -0.2) is 9.13 Å². The predicted molar refractivity (Wildman–Crippen MR) is 102 cm³/mol. The van der Waals surface area contributed by atoms with Gasteiger partial charge in [0, 0.05) is 12.8 Å². The average Bonchev–Trinajstić information content (AvgIpc) is 3.27. The number of imidazole rings is 2. The molecule has 164 valence electrons. The number of carbonyl (C=O) groups is 2. The van der Waals surface area contributed by atoms with E-state index in [1.54, 1.807) is 33.5 Å². The van der Waals surface area contributed by atoms with E-state index in [9.17, 15) is 9.59 Å². The van der Waals surface area contributed by atoms with Crippen molar-refractivity contribution in [2.45, 2.75) is 44.9 Å². The molecule has 0 N–H and O–H groups in total. The molecule has 0 aliphatic heterocycles. The van der Waals surface area contributed by atoms with Crippen LogP contribution in [0.1, 0.15) is 44.9 Å². The molecule has 0 radical (unpaired) electrons. The summed E-state index contributed by atoms with van der Waals surface area (Å²) < 4.78 is 7.38. The first-order chi connectivity index (χ1) is 12.9. The monoisotopic (exact) mass is 630 g/mol. The fourth-order valence-corrected chi connectivity index (χ4v) is 2.89. The van der Waals surface area contributed by atoms with Crippen molar-refractivity contribution in [1.29, 1.82) is 0 Å². The smallest absolute Gasteiger partial charge is 0.267 e. The Morgan fingerprint density at radius 1 is 0.724 bits per heavy atom. The number of carbonyl (C=O) groups excluding carboxylic acids is 2. The fraction of sp³-hybridized carbons (Fsp3) is 0.579. The van der Waals surface area contributed by atoms with Gasteiger partial charge in [0.05, 0.1) is 28.2 Å². The lowest BCUT2D eigenvalue weighted by molar-refractivity contribution is -0.671. The summed E-state index contributed by atoms with van der Waals surface area (Å²) in [7, 11) is 7.43. The van der Waals surface area contributed by atoms with Crippen molar-refractivity contribution >= 4 is 11.8 Å². The van der Waals surface area contributed by atoms with Gasteiger partial charge < -0.3 is 48.0 Å². The summed E-state index contributed by atoms with van der Waals surface area (Å²) >= 11 is 0. The van der Waals surface area contributed by atoms with Crippen LogP contribution in [-0.4, -0.2) is 35.3 Å². The molecule has 0 saturated heterocycles. The Morgan fingerprint density at radius 2 is 1.07 bits per heavy atom. The van der Waals surface area contributed by atoms with Crippen molar-refractivity contribution in [3.05, 3.63) is 37.4 Å². The van der Waals surface area contributed by atoms with Gasteiger partial charge in [0.2, 0.25) is 0 Å². The largest absolute Gasteiger partial charge is 1.00 e. The zero-order chi connectivity index (χ0) is 19.8. The minimum atomic E-state index is 0. The predicted octanol–water partition coefficient (Wildman–Crippen LogP) is -5.43. The van der Waals surface area contributed by atoms with Gasteiger partial charge in [0.25, 0.3) is 24.5 Å². The lowest BCUT2D eigenvalue weighted by Gasteiger charge is -2.12. The van der Waals surface area contributed by atoms with Crippen LogP contribution >= 0.6 is 0 Å². The van der Waals surface area contributed by atoms with Crippen molar-refractivity contribution in [2.24, 2.45) is 14.1 Å². The fourth-order valence-electron chi connectivity index (χ4n) is 2.89. The van der Waals surface area contributed by atoms with Gasteiger partial charge in [-0.15, -0.1) is 9.35 Å².